The SMILES string of the molecule is Cn1cc2c(n1)-c1sccc1N(C(=O)c1ccccc1C1CCCCC1)CC2. The van der Waals surface area contributed by atoms with E-state index in [4.69, 9.17) is 0 Å². The highest BCUT2D eigenvalue weighted by Gasteiger charge is 2.30. The van der Waals surface area contributed by atoms with E-state index in [2.05, 4.69) is 34.9 Å². The maximum Gasteiger partial charge on any atom is 0.258 e. The lowest BCUT2D eigenvalue weighted by Gasteiger charge is -2.27. The normalized spacial score (nSPS) is 17.1. The Balaban J connectivity index is 1.53. The topological polar surface area (TPSA) is 38.1 Å². The molecule has 1 aliphatic heterocycles. The van der Waals surface area contributed by atoms with Crippen molar-refractivity contribution in [3.63, 3.8) is 0 Å². The van der Waals surface area contributed by atoms with Crippen molar-refractivity contribution < 1.29 is 4.79 Å². The van der Waals surface area contributed by atoms with Gasteiger partial charge < -0.3 is 4.90 Å². The van der Waals surface area contributed by atoms with Crippen molar-refractivity contribution in [3.8, 4) is 10.6 Å². The maximum absolute atomic E-state index is 13.7. The van der Waals surface area contributed by atoms with Gasteiger partial charge in [0.25, 0.3) is 5.91 Å². The van der Waals surface area contributed by atoms with Crippen LogP contribution in [0.2, 0.25) is 0 Å². The lowest BCUT2D eigenvalue weighted by Crippen LogP contribution is -2.33. The van der Waals surface area contributed by atoms with Gasteiger partial charge in [0, 0.05) is 30.9 Å². The monoisotopic (exact) mass is 391 g/mol. The Hall–Kier alpha value is -2.40. The molecule has 2 aliphatic rings. The number of nitrogens with zero attached hydrogens (tertiary/aromatic N) is 3. The minimum absolute atomic E-state index is 0.135. The fraction of sp³-hybridized carbons (Fsp3) is 0.391. The Bertz CT molecular complexity index is 1010. The second-order valence-corrected chi connectivity index (χ2v) is 8.86. The van der Waals surface area contributed by atoms with Crippen LogP contribution in [0.1, 0.15) is 59.5 Å². The number of fused-ring (bicyclic) bond motifs is 3. The molecule has 1 saturated carbocycles. The lowest BCUT2D eigenvalue weighted by atomic mass is 9.82. The Morgan fingerprint density at radius 3 is 2.82 bits per heavy atom. The molecule has 0 bridgehead atoms. The molecule has 0 radical (unpaired) electrons. The molecule has 0 N–H and O–H groups in total. The fourth-order valence-corrected chi connectivity index (χ4v) is 5.69. The van der Waals surface area contributed by atoms with Crippen LogP contribution in [0.4, 0.5) is 5.69 Å². The summed E-state index contributed by atoms with van der Waals surface area (Å²) in [7, 11) is 1.96. The molecule has 0 spiro atoms. The molecular formula is C23H25N3OS. The van der Waals surface area contributed by atoms with Crippen molar-refractivity contribution in [1.82, 2.24) is 9.78 Å². The van der Waals surface area contributed by atoms with Gasteiger partial charge in [-0.1, -0.05) is 37.5 Å². The van der Waals surface area contributed by atoms with Crippen molar-refractivity contribution in [3.05, 3.63) is 58.6 Å². The first-order chi connectivity index (χ1) is 13.7. The van der Waals surface area contributed by atoms with Crippen LogP contribution in [-0.4, -0.2) is 22.2 Å². The van der Waals surface area contributed by atoms with Crippen molar-refractivity contribution in [2.24, 2.45) is 7.05 Å². The predicted octanol–water partition coefficient (Wildman–Crippen LogP) is 5.40. The summed E-state index contributed by atoms with van der Waals surface area (Å²) < 4.78 is 1.88. The first kappa shape index (κ1) is 17.7. The third-order valence-electron chi connectivity index (χ3n) is 6.14. The van der Waals surface area contributed by atoms with Gasteiger partial charge in [0.15, 0.2) is 0 Å². The van der Waals surface area contributed by atoms with Crippen LogP contribution in [0, 0.1) is 0 Å². The molecule has 1 aliphatic carbocycles. The third kappa shape index (κ3) is 2.98. The number of aromatic nitrogens is 2. The number of anilines is 1. The molecular weight excluding hydrogens is 366 g/mol. The van der Waals surface area contributed by atoms with Crippen molar-refractivity contribution in [2.75, 3.05) is 11.4 Å². The molecule has 0 saturated heterocycles. The summed E-state index contributed by atoms with van der Waals surface area (Å²) in [6.07, 6.45) is 9.18. The number of carbonyl (C=O) groups excluding carboxylic acids is 1. The predicted molar refractivity (Wildman–Crippen MR) is 114 cm³/mol. The van der Waals surface area contributed by atoms with E-state index in [9.17, 15) is 4.79 Å². The largest absolute Gasteiger partial charge is 0.306 e. The number of carbonyl (C=O) groups is 1. The minimum atomic E-state index is 0.135. The van der Waals surface area contributed by atoms with Crippen LogP contribution in [0.25, 0.3) is 10.6 Å². The van der Waals surface area contributed by atoms with Gasteiger partial charge in [-0.05, 0) is 48.3 Å². The molecule has 28 heavy (non-hydrogen) atoms. The van der Waals surface area contributed by atoms with Crippen LogP contribution >= 0.6 is 11.3 Å². The Morgan fingerprint density at radius 1 is 1.14 bits per heavy atom. The zero-order chi connectivity index (χ0) is 19.1. The van der Waals surface area contributed by atoms with E-state index in [1.165, 1.54) is 43.2 Å². The Kier molecular flexibility index (Phi) is 4.55. The molecule has 0 atom stereocenters. The summed E-state index contributed by atoms with van der Waals surface area (Å²) in [4.78, 5) is 16.8. The zero-order valence-corrected chi connectivity index (χ0v) is 17.0. The van der Waals surface area contributed by atoms with E-state index in [-0.39, 0.29) is 5.91 Å². The van der Waals surface area contributed by atoms with Crippen molar-refractivity contribution >= 4 is 22.9 Å². The molecule has 4 nitrogen and oxygen atoms in total. The molecule has 1 fully saturated rings. The van der Waals surface area contributed by atoms with Gasteiger partial charge in [0.05, 0.1) is 10.6 Å². The highest BCUT2D eigenvalue weighted by molar-refractivity contribution is 7.14. The summed E-state index contributed by atoms with van der Waals surface area (Å²) in [5.41, 5.74) is 5.38. The van der Waals surface area contributed by atoms with E-state index in [0.29, 0.717) is 12.5 Å². The van der Waals surface area contributed by atoms with Crippen LogP contribution < -0.4 is 4.90 Å². The van der Waals surface area contributed by atoms with Gasteiger partial charge >= 0.3 is 0 Å². The van der Waals surface area contributed by atoms with Crippen LogP contribution in [-0.2, 0) is 13.5 Å². The third-order valence-corrected chi connectivity index (χ3v) is 7.05. The van der Waals surface area contributed by atoms with Crippen LogP contribution in [0.15, 0.2) is 41.9 Å². The Morgan fingerprint density at radius 2 is 1.96 bits per heavy atom. The lowest BCUT2D eigenvalue weighted by molar-refractivity contribution is 0.0986. The molecule has 5 rings (SSSR count). The number of benzene rings is 1. The van der Waals surface area contributed by atoms with Gasteiger partial charge in [0.2, 0.25) is 0 Å². The molecule has 3 aromatic rings. The summed E-state index contributed by atoms with van der Waals surface area (Å²) in [6.45, 7) is 0.695. The van der Waals surface area contributed by atoms with E-state index < -0.39 is 0 Å². The number of rotatable bonds is 2. The molecule has 1 aromatic carbocycles. The molecule has 0 unspecified atom stereocenters. The van der Waals surface area contributed by atoms with Gasteiger partial charge in [-0.15, -0.1) is 11.3 Å². The molecule has 5 heteroatoms. The second kappa shape index (κ2) is 7.21. The number of thiophene rings is 1. The summed E-state index contributed by atoms with van der Waals surface area (Å²) in [5, 5.41) is 6.74. The van der Waals surface area contributed by atoms with Gasteiger partial charge in [-0.25, -0.2) is 0 Å². The van der Waals surface area contributed by atoms with Crippen LogP contribution in [0.5, 0.6) is 0 Å². The van der Waals surface area contributed by atoms with Gasteiger partial charge in [-0.2, -0.15) is 5.10 Å². The number of aryl methyl sites for hydroxylation is 1. The zero-order valence-electron chi connectivity index (χ0n) is 16.2. The summed E-state index contributed by atoms with van der Waals surface area (Å²) >= 11 is 1.67. The highest BCUT2D eigenvalue weighted by Crippen LogP contribution is 2.41. The highest BCUT2D eigenvalue weighted by atomic mass is 32.1. The number of hydrogen-bond acceptors (Lipinski definition) is 3. The quantitative estimate of drug-likeness (QED) is 0.587. The van der Waals surface area contributed by atoms with E-state index in [1.807, 2.05) is 28.8 Å². The van der Waals surface area contributed by atoms with Gasteiger partial charge in [-0.3, -0.25) is 9.48 Å². The average Bonchev–Trinajstić information content (AvgIpc) is 3.32. The average molecular weight is 392 g/mol. The first-order valence-corrected chi connectivity index (χ1v) is 11.1. The van der Waals surface area contributed by atoms with Gasteiger partial charge in [0.1, 0.15) is 5.69 Å². The standard InChI is InChI=1S/C23H25N3OS/c1-25-15-17-11-13-26(20-12-14-28-22(20)21(17)24-25)23(27)19-10-6-5-9-18(19)16-7-3-2-4-8-16/h5-6,9-10,12,14-16H,2-4,7-8,11,13H2,1H3. The summed E-state index contributed by atoms with van der Waals surface area (Å²) in [6, 6.07) is 10.4. The van der Waals surface area contributed by atoms with E-state index in [0.717, 1.165) is 28.2 Å². The molecule has 3 heterocycles. The smallest absolute Gasteiger partial charge is 0.258 e. The molecule has 1 amide bonds. The Labute approximate surface area is 169 Å². The maximum atomic E-state index is 13.7. The second-order valence-electron chi connectivity index (χ2n) is 7.94. The van der Waals surface area contributed by atoms with Crippen LogP contribution in [0.3, 0.4) is 0 Å². The summed E-state index contributed by atoms with van der Waals surface area (Å²) in [5.74, 6) is 0.651. The number of amides is 1. The molecule has 2 aromatic heterocycles. The fourth-order valence-electron chi connectivity index (χ4n) is 4.77. The first-order valence-electron chi connectivity index (χ1n) is 10.2. The van der Waals surface area contributed by atoms with E-state index in [1.54, 1.807) is 11.3 Å². The van der Waals surface area contributed by atoms with Crippen molar-refractivity contribution in [1.29, 1.82) is 0 Å². The number of hydrogen-bond donors (Lipinski definition) is 0. The van der Waals surface area contributed by atoms with Crippen molar-refractivity contribution in [2.45, 2.75) is 44.4 Å². The van der Waals surface area contributed by atoms with E-state index >= 15 is 0 Å². The minimum Gasteiger partial charge on any atom is -0.306 e. The molecule has 144 valence electrons.